The van der Waals surface area contributed by atoms with E-state index in [-0.39, 0.29) is 5.91 Å². The van der Waals surface area contributed by atoms with Gasteiger partial charge in [0.25, 0.3) is 5.91 Å². The number of thiol groups is 1. The Bertz CT molecular complexity index is 1350. The number of hydrogen-bond acceptors (Lipinski definition) is 5. The molecule has 0 unspecified atom stereocenters. The summed E-state index contributed by atoms with van der Waals surface area (Å²) in [6.45, 7) is 4.16. The Labute approximate surface area is 190 Å². The first-order valence-electron chi connectivity index (χ1n) is 9.87. The Hall–Kier alpha value is -3.22. The first kappa shape index (κ1) is 19.7. The second-order valence-electron chi connectivity index (χ2n) is 7.43. The molecule has 5 rings (SSSR count). The molecule has 152 valence electrons. The van der Waals surface area contributed by atoms with Crippen LogP contribution < -0.4 is 4.90 Å². The third kappa shape index (κ3) is 3.58. The molecular weight excluding hydrogens is 422 g/mol. The number of amidine groups is 1. The Morgan fingerprint density at radius 1 is 0.968 bits per heavy atom. The average Bonchev–Trinajstić information content (AvgIpc) is 3.31. The fourth-order valence-electron chi connectivity index (χ4n) is 3.50. The Morgan fingerprint density at radius 3 is 2.45 bits per heavy atom. The first-order chi connectivity index (χ1) is 15.0. The minimum atomic E-state index is -0.192. The van der Waals surface area contributed by atoms with Crippen LogP contribution >= 0.6 is 24.0 Å². The summed E-state index contributed by atoms with van der Waals surface area (Å²) in [5, 5.41) is 0.621. The Kier molecular flexibility index (Phi) is 4.96. The molecule has 0 bridgehead atoms. The van der Waals surface area contributed by atoms with Crippen LogP contribution in [-0.2, 0) is 4.79 Å². The summed E-state index contributed by atoms with van der Waals surface area (Å²) in [7, 11) is 0. The Morgan fingerprint density at radius 2 is 1.68 bits per heavy atom. The summed E-state index contributed by atoms with van der Waals surface area (Å²) in [4.78, 5) is 25.4. The number of hydrogen-bond donors (Lipinski definition) is 1. The molecule has 0 aliphatic carbocycles. The maximum atomic E-state index is 13.5. The molecule has 0 radical (unpaired) electrons. The summed E-state index contributed by atoms with van der Waals surface area (Å²) in [6, 6.07) is 21.6. The van der Waals surface area contributed by atoms with Crippen LogP contribution in [-0.4, -0.2) is 16.7 Å². The van der Waals surface area contributed by atoms with Crippen molar-refractivity contribution in [1.82, 2.24) is 4.98 Å². The molecule has 1 amide bonds. The number of aryl methyl sites for hydroxylation is 2. The number of aliphatic imine (C=N–C) groups is 1. The molecule has 1 aromatic heterocycles. The van der Waals surface area contributed by atoms with Crippen LogP contribution in [0.15, 0.2) is 82.3 Å². The van der Waals surface area contributed by atoms with E-state index in [1.165, 1.54) is 22.5 Å². The number of rotatable bonds is 3. The van der Waals surface area contributed by atoms with E-state index in [9.17, 15) is 4.79 Å². The lowest BCUT2D eigenvalue weighted by atomic mass is 10.1. The predicted octanol–water partition coefficient (Wildman–Crippen LogP) is 6.04. The van der Waals surface area contributed by atoms with E-state index in [0.29, 0.717) is 16.7 Å². The quantitative estimate of drug-likeness (QED) is 0.311. The molecule has 1 aliphatic heterocycles. The van der Waals surface area contributed by atoms with Crippen molar-refractivity contribution >= 4 is 57.1 Å². The van der Waals surface area contributed by atoms with Crippen molar-refractivity contribution in [2.45, 2.75) is 18.7 Å². The zero-order valence-corrected chi connectivity index (χ0v) is 18.7. The first-order valence-corrected chi connectivity index (χ1v) is 11.1. The van der Waals surface area contributed by atoms with Crippen molar-refractivity contribution in [2.24, 2.45) is 4.99 Å². The average molecular weight is 442 g/mol. The molecule has 31 heavy (non-hydrogen) atoms. The lowest BCUT2D eigenvalue weighted by molar-refractivity contribution is -0.113. The van der Waals surface area contributed by atoms with E-state index < -0.39 is 0 Å². The molecule has 0 N–H and O–H groups in total. The molecule has 6 heteroatoms. The number of fused-ring (bicyclic) bond motifs is 1. The van der Waals surface area contributed by atoms with Crippen molar-refractivity contribution in [1.29, 1.82) is 0 Å². The standard InChI is InChI=1S/C25H19N3OS2/c1-15-12-19-22(13-16(15)2)31-25(27-19)28-23(17-8-4-3-5-9-17)26-20(24(28)29)14-18-10-6-7-11-21(18)30/h3-14,30H,1-2H3/b20-14-. The molecule has 0 saturated carbocycles. The summed E-state index contributed by atoms with van der Waals surface area (Å²) < 4.78 is 1.05. The fraction of sp³-hybridized carbons (Fsp3) is 0.0800. The van der Waals surface area contributed by atoms with Gasteiger partial charge in [-0.1, -0.05) is 59.9 Å². The van der Waals surface area contributed by atoms with Gasteiger partial charge in [-0.15, -0.1) is 12.6 Å². The highest BCUT2D eigenvalue weighted by Gasteiger charge is 2.34. The van der Waals surface area contributed by atoms with Gasteiger partial charge in [-0.05, 0) is 54.8 Å². The molecule has 1 aliphatic rings. The molecular formula is C25H19N3OS2. The van der Waals surface area contributed by atoms with Gasteiger partial charge in [-0.25, -0.2) is 14.9 Å². The van der Waals surface area contributed by atoms with Gasteiger partial charge >= 0.3 is 0 Å². The highest BCUT2D eigenvalue weighted by atomic mass is 32.1. The van der Waals surface area contributed by atoms with Gasteiger partial charge in [0, 0.05) is 10.5 Å². The molecule has 2 heterocycles. The van der Waals surface area contributed by atoms with Crippen molar-refractivity contribution in [3.8, 4) is 0 Å². The van der Waals surface area contributed by atoms with Gasteiger partial charge < -0.3 is 0 Å². The van der Waals surface area contributed by atoms with Crippen LogP contribution in [0.25, 0.3) is 16.3 Å². The number of thiazole rings is 1. The summed E-state index contributed by atoms with van der Waals surface area (Å²) >= 11 is 6.01. The molecule has 4 nitrogen and oxygen atoms in total. The zero-order valence-electron chi connectivity index (χ0n) is 17.0. The number of benzene rings is 3. The molecule has 0 saturated heterocycles. The topological polar surface area (TPSA) is 45.6 Å². The highest BCUT2D eigenvalue weighted by Crippen LogP contribution is 2.35. The normalized spacial score (nSPS) is 15.2. The van der Waals surface area contributed by atoms with Crippen LogP contribution in [0.5, 0.6) is 0 Å². The summed E-state index contributed by atoms with van der Waals surface area (Å²) in [5.74, 6) is 0.393. The van der Waals surface area contributed by atoms with Gasteiger partial charge in [0.2, 0.25) is 0 Å². The largest absolute Gasteiger partial charge is 0.284 e. The maximum absolute atomic E-state index is 13.5. The van der Waals surface area contributed by atoms with Gasteiger partial charge in [-0.3, -0.25) is 4.79 Å². The van der Waals surface area contributed by atoms with Gasteiger partial charge in [0.1, 0.15) is 11.5 Å². The van der Waals surface area contributed by atoms with Crippen LogP contribution in [0.1, 0.15) is 22.3 Å². The molecule has 0 atom stereocenters. The molecule has 0 fully saturated rings. The number of amides is 1. The van der Waals surface area contributed by atoms with E-state index in [0.717, 1.165) is 26.2 Å². The minimum absolute atomic E-state index is 0.192. The minimum Gasteiger partial charge on any atom is -0.266 e. The van der Waals surface area contributed by atoms with Crippen LogP contribution in [0, 0.1) is 13.8 Å². The van der Waals surface area contributed by atoms with E-state index in [1.54, 1.807) is 11.0 Å². The maximum Gasteiger partial charge on any atom is 0.284 e. The molecule has 4 aromatic rings. The fourth-order valence-corrected chi connectivity index (χ4v) is 4.77. The monoisotopic (exact) mass is 441 g/mol. The van der Waals surface area contributed by atoms with Gasteiger partial charge in [0.05, 0.1) is 10.2 Å². The lowest BCUT2D eigenvalue weighted by Crippen LogP contribution is -2.32. The van der Waals surface area contributed by atoms with Crippen molar-refractivity contribution < 1.29 is 4.79 Å². The predicted molar refractivity (Wildman–Crippen MR) is 131 cm³/mol. The summed E-state index contributed by atoms with van der Waals surface area (Å²) in [6.07, 6.45) is 1.79. The van der Waals surface area contributed by atoms with Crippen molar-refractivity contribution in [2.75, 3.05) is 4.90 Å². The smallest absolute Gasteiger partial charge is 0.266 e. The highest BCUT2D eigenvalue weighted by molar-refractivity contribution is 7.80. The number of nitrogens with zero attached hydrogens (tertiary/aromatic N) is 3. The van der Waals surface area contributed by atoms with E-state index in [4.69, 9.17) is 9.98 Å². The van der Waals surface area contributed by atoms with E-state index >= 15 is 0 Å². The van der Waals surface area contributed by atoms with E-state index in [2.05, 4.69) is 38.6 Å². The van der Waals surface area contributed by atoms with E-state index in [1.807, 2.05) is 54.6 Å². The second-order valence-corrected chi connectivity index (χ2v) is 8.92. The zero-order chi connectivity index (χ0) is 21.5. The number of aromatic nitrogens is 1. The Balaban J connectivity index is 1.66. The van der Waals surface area contributed by atoms with Crippen molar-refractivity contribution in [3.05, 3.63) is 94.7 Å². The van der Waals surface area contributed by atoms with Gasteiger partial charge in [0.15, 0.2) is 5.13 Å². The number of carbonyl (C=O) groups is 1. The third-order valence-corrected chi connectivity index (χ3v) is 6.72. The van der Waals surface area contributed by atoms with Crippen LogP contribution in [0.4, 0.5) is 5.13 Å². The lowest BCUT2D eigenvalue weighted by Gasteiger charge is -2.14. The van der Waals surface area contributed by atoms with Gasteiger partial charge in [-0.2, -0.15) is 0 Å². The SMILES string of the molecule is Cc1cc2nc(N3C(=O)/C(=C/c4ccccc4S)N=C3c3ccccc3)sc2cc1C. The molecule has 0 spiro atoms. The summed E-state index contributed by atoms with van der Waals surface area (Å²) in [5.41, 5.74) is 5.36. The van der Waals surface area contributed by atoms with Crippen LogP contribution in [0.3, 0.4) is 0 Å². The second kappa shape index (κ2) is 7.80. The molecule has 3 aromatic carbocycles. The van der Waals surface area contributed by atoms with Crippen molar-refractivity contribution in [3.63, 3.8) is 0 Å². The van der Waals surface area contributed by atoms with Crippen LogP contribution in [0.2, 0.25) is 0 Å². The number of carbonyl (C=O) groups excluding carboxylic acids is 1. The third-order valence-electron chi connectivity index (χ3n) is 5.31. The number of anilines is 1.